The summed E-state index contributed by atoms with van der Waals surface area (Å²) in [5.74, 6) is -0.496. The number of hydrogen-bond donors (Lipinski definition) is 2. The Morgan fingerprint density at radius 1 is 1.36 bits per heavy atom. The maximum absolute atomic E-state index is 13.6. The van der Waals surface area contributed by atoms with E-state index in [0.717, 1.165) is 25.7 Å². The lowest BCUT2D eigenvalue weighted by molar-refractivity contribution is -0.149. The standard InChI is InChI=1S/C17H24FNO3/c1-2-22-17(21)12-7-9-13(10-8-12)19-11-16(20)14-5-3-4-6-15(14)18/h3-6,12-13,16,19-20H,2,7-11H2,1H3. The van der Waals surface area contributed by atoms with Crippen molar-refractivity contribution in [1.29, 1.82) is 0 Å². The smallest absolute Gasteiger partial charge is 0.308 e. The molecule has 1 aromatic rings. The van der Waals surface area contributed by atoms with Crippen molar-refractivity contribution < 1.29 is 19.0 Å². The molecule has 0 aliphatic heterocycles. The fourth-order valence-corrected chi connectivity index (χ4v) is 2.93. The quantitative estimate of drug-likeness (QED) is 0.793. The number of benzene rings is 1. The van der Waals surface area contributed by atoms with E-state index in [1.807, 2.05) is 6.92 Å². The van der Waals surface area contributed by atoms with Crippen molar-refractivity contribution in [3.8, 4) is 0 Å². The van der Waals surface area contributed by atoms with Gasteiger partial charge in [-0.1, -0.05) is 18.2 Å². The van der Waals surface area contributed by atoms with E-state index in [-0.39, 0.29) is 23.7 Å². The maximum atomic E-state index is 13.6. The highest BCUT2D eigenvalue weighted by atomic mass is 19.1. The van der Waals surface area contributed by atoms with Crippen molar-refractivity contribution in [3.05, 3.63) is 35.6 Å². The highest BCUT2D eigenvalue weighted by molar-refractivity contribution is 5.72. The second-order valence-electron chi connectivity index (χ2n) is 5.75. The van der Waals surface area contributed by atoms with Crippen LogP contribution in [0.1, 0.15) is 44.3 Å². The Kier molecular flexibility index (Phi) is 6.34. The van der Waals surface area contributed by atoms with Crippen molar-refractivity contribution in [2.24, 2.45) is 5.92 Å². The highest BCUT2D eigenvalue weighted by Gasteiger charge is 2.27. The van der Waals surface area contributed by atoms with Crippen LogP contribution in [-0.4, -0.2) is 30.3 Å². The molecule has 1 atom stereocenters. The Morgan fingerprint density at radius 3 is 2.68 bits per heavy atom. The third-order valence-electron chi connectivity index (χ3n) is 4.21. The first-order chi connectivity index (χ1) is 10.6. The highest BCUT2D eigenvalue weighted by Crippen LogP contribution is 2.26. The lowest BCUT2D eigenvalue weighted by Gasteiger charge is -2.28. The number of hydrogen-bond acceptors (Lipinski definition) is 4. The predicted octanol–water partition coefficient (Wildman–Crippen LogP) is 2.57. The van der Waals surface area contributed by atoms with Gasteiger partial charge in [-0.15, -0.1) is 0 Å². The molecule has 0 saturated heterocycles. The van der Waals surface area contributed by atoms with Crippen LogP contribution in [0.5, 0.6) is 0 Å². The minimum atomic E-state index is -0.857. The molecule has 2 rings (SSSR count). The molecule has 1 aliphatic carbocycles. The Balaban J connectivity index is 1.75. The van der Waals surface area contributed by atoms with Crippen molar-refractivity contribution >= 4 is 5.97 Å². The number of ether oxygens (including phenoxy) is 1. The summed E-state index contributed by atoms with van der Waals surface area (Å²) in [6.07, 6.45) is 2.48. The number of esters is 1. The van der Waals surface area contributed by atoms with Crippen LogP contribution >= 0.6 is 0 Å². The maximum Gasteiger partial charge on any atom is 0.308 e. The second-order valence-corrected chi connectivity index (χ2v) is 5.75. The largest absolute Gasteiger partial charge is 0.466 e. The molecule has 122 valence electrons. The van der Waals surface area contributed by atoms with Crippen LogP contribution in [0.2, 0.25) is 0 Å². The van der Waals surface area contributed by atoms with E-state index in [1.165, 1.54) is 6.07 Å². The zero-order valence-electron chi connectivity index (χ0n) is 12.9. The number of aliphatic hydroxyl groups excluding tert-OH is 1. The number of aliphatic hydroxyl groups is 1. The molecule has 2 N–H and O–H groups in total. The minimum absolute atomic E-state index is 0.00510. The second kappa shape index (κ2) is 8.25. The molecule has 0 bridgehead atoms. The van der Waals surface area contributed by atoms with E-state index < -0.39 is 6.10 Å². The average Bonchev–Trinajstić information content (AvgIpc) is 2.54. The van der Waals surface area contributed by atoms with Gasteiger partial charge < -0.3 is 15.2 Å². The molecule has 0 radical (unpaired) electrons. The fourth-order valence-electron chi connectivity index (χ4n) is 2.93. The SMILES string of the molecule is CCOC(=O)C1CCC(NCC(O)c2ccccc2F)CC1. The van der Waals surface area contributed by atoms with Gasteiger partial charge >= 0.3 is 5.97 Å². The van der Waals surface area contributed by atoms with E-state index in [9.17, 15) is 14.3 Å². The van der Waals surface area contributed by atoms with Gasteiger partial charge in [0.1, 0.15) is 5.82 Å². The molecule has 0 heterocycles. The molecule has 1 fully saturated rings. The average molecular weight is 309 g/mol. The summed E-state index contributed by atoms with van der Waals surface area (Å²) >= 11 is 0. The van der Waals surface area contributed by atoms with Crippen molar-refractivity contribution in [1.82, 2.24) is 5.32 Å². The third-order valence-corrected chi connectivity index (χ3v) is 4.21. The molecular weight excluding hydrogens is 285 g/mol. The van der Waals surface area contributed by atoms with E-state index in [4.69, 9.17) is 4.74 Å². The number of halogens is 1. The molecule has 0 aromatic heterocycles. The summed E-state index contributed by atoms with van der Waals surface area (Å²) in [6.45, 7) is 2.55. The van der Waals surface area contributed by atoms with Crippen LogP contribution in [0.3, 0.4) is 0 Å². The van der Waals surface area contributed by atoms with E-state index in [0.29, 0.717) is 18.7 Å². The summed E-state index contributed by atoms with van der Waals surface area (Å²) in [4.78, 5) is 11.7. The summed E-state index contributed by atoms with van der Waals surface area (Å²) in [7, 11) is 0. The van der Waals surface area contributed by atoms with Gasteiger partial charge in [0, 0.05) is 18.2 Å². The Bertz CT molecular complexity index is 487. The molecule has 0 amide bonds. The Morgan fingerprint density at radius 2 is 2.05 bits per heavy atom. The van der Waals surface area contributed by atoms with Gasteiger partial charge in [-0.3, -0.25) is 4.79 Å². The molecule has 1 unspecified atom stereocenters. The van der Waals surface area contributed by atoms with Gasteiger partial charge in [0.25, 0.3) is 0 Å². The molecule has 4 nitrogen and oxygen atoms in total. The molecule has 0 spiro atoms. The summed E-state index contributed by atoms with van der Waals surface area (Å²) < 4.78 is 18.6. The van der Waals surface area contributed by atoms with Gasteiger partial charge in [-0.05, 0) is 38.7 Å². The normalized spacial score (nSPS) is 23.0. The van der Waals surface area contributed by atoms with Crippen molar-refractivity contribution in [3.63, 3.8) is 0 Å². The number of nitrogens with one attached hydrogen (secondary N) is 1. The summed E-state index contributed by atoms with van der Waals surface area (Å²) in [5.41, 5.74) is 0.315. The zero-order valence-corrected chi connectivity index (χ0v) is 12.9. The van der Waals surface area contributed by atoms with Crippen LogP contribution in [0.15, 0.2) is 24.3 Å². The minimum Gasteiger partial charge on any atom is -0.466 e. The Hall–Kier alpha value is -1.46. The van der Waals surface area contributed by atoms with Crippen LogP contribution in [0, 0.1) is 11.7 Å². The molecule has 1 aromatic carbocycles. The van der Waals surface area contributed by atoms with Crippen LogP contribution in [-0.2, 0) is 9.53 Å². The van der Waals surface area contributed by atoms with Gasteiger partial charge in [0.2, 0.25) is 0 Å². The lowest BCUT2D eigenvalue weighted by atomic mass is 9.86. The lowest BCUT2D eigenvalue weighted by Crippen LogP contribution is -2.37. The third kappa shape index (κ3) is 4.52. The molecule has 1 saturated carbocycles. The first-order valence-corrected chi connectivity index (χ1v) is 7.94. The zero-order chi connectivity index (χ0) is 15.9. The molecule has 1 aliphatic rings. The van der Waals surface area contributed by atoms with Crippen LogP contribution in [0.4, 0.5) is 4.39 Å². The topological polar surface area (TPSA) is 58.6 Å². The van der Waals surface area contributed by atoms with E-state index >= 15 is 0 Å². The van der Waals surface area contributed by atoms with Gasteiger partial charge in [-0.25, -0.2) is 4.39 Å². The van der Waals surface area contributed by atoms with Gasteiger partial charge in [0.15, 0.2) is 0 Å². The first kappa shape index (κ1) is 16.9. The van der Waals surface area contributed by atoms with E-state index in [2.05, 4.69) is 5.32 Å². The van der Waals surface area contributed by atoms with E-state index in [1.54, 1.807) is 18.2 Å². The number of carbonyl (C=O) groups is 1. The van der Waals surface area contributed by atoms with Crippen molar-refractivity contribution in [2.75, 3.05) is 13.2 Å². The van der Waals surface area contributed by atoms with Crippen LogP contribution in [0.25, 0.3) is 0 Å². The van der Waals surface area contributed by atoms with Gasteiger partial charge in [-0.2, -0.15) is 0 Å². The first-order valence-electron chi connectivity index (χ1n) is 7.94. The fraction of sp³-hybridized carbons (Fsp3) is 0.588. The van der Waals surface area contributed by atoms with Gasteiger partial charge in [0.05, 0.1) is 18.6 Å². The molecule has 5 heteroatoms. The number of carbonyl (C=O) groups excluding carboxylic acids is 1. The monoisotopic (exact) mass is 309 g/mol. The summed E-state index contributed by atoms with van der Waals surface area (Å²) in [6, 6.07) is 6.52. The predicted molar refractivity (Wildman–Crippen MR) is 81.7 cm³/mol. The Labute approximate surface area is 130 Å². The van der Waals surface area contributed by atoms with Crippen LogP contribution < -0.4 is 5.32 Å². The molecule has 22 heavy (non-hydrogen) atoms. The summed E-state index contributed by atoms with van der Waals surface area (Å²) in [5, 5.41) is 13.3. The van der Waals surface area contributed by atoms with Crippen molar-refractivity contribution in [2.45, 2.75) is 44.8 Å². The molecular formula is C17H24FNO3. The number of rotatable bonds is 6.